The van der Waals surface area contributed by atoms with Gasteiger partial charge >= 0.3 is 6.18 Å². The highest BCUT2D eigenvalue weighted by molar-refractivity contribution is 5.30. The van der Waals surface area contributed by atoms with Crippen molar-refractivity contribution >= 4 is 0 Å². The third-order valence-electron chi connectivity index (χ3n) is 3.44. The number of nitrogens with zero attached hydrogens (tertiary/aromatic N) is 1. The van der Waals surface area contributed by atoms with Crippen molar-refractivity contribution in [3.8, 4) is 0 Å². The van der Waals surface area contributed by atoms with E-state index in [1.165, 1.54) is 12.4 Å². The minimum Gasteiger partial charge on any atom is -0.317 e. The lowest BCUT2D eigenvalue weighted by molar-refractivity contribution is -0.138. The average molecular weight is 244 g/mol. The van der Waals surface area contributed by atoms with Gasteiger partial charge in [-0.1, -0.05) is 0 Å². The molecule has 2 nitrogen and oxygen atoms in total. The maximum absolute atomic E-state index is 12.8. The quantitative estimate of drug-likeness (QED) is 0.865. The van der Waals surface area contributed by atoms with E-state index < -0.39 is 11.7 Å². The van der Waals surface area contributed by atoms with Crippen LogP contribution in [0.3, 0.4) is 0 Å². The Balaban J connectivity index is 2.27. The molecule has 94 valence electrons. The standard InChI is InChI=1S/C12H15F3N2/c1-16-9-3-2-8(6-9)10-7-17-5-4-11(10)12(13,14)15/h4-5,7-9,16H,2-3,6H2,1H3. The molecule has 0 bridgehead atoms. The summed E-state index contributed by atoms with van der Waals surface area (Å²) in [4.78, 5) is 3.83. The summed E-state index contributed by atoms with van der Waals surface area (Å²) in [5.41, 5.74) is -0.188. The molecule has 0 saturated heterocycles. The van der Waals surface area contributed by atoms with Crippen molar-refractivity contribution in [3.63, 3.8) is 0 Å². The van der Waals surface area contributed by atoms with Gasteiger partial charge in [0.05, 0.1) is 5.56 Å². The third-order valence-corrected chi connectivity index (χ3v) is 3.44. The molecular weight excluding hydrogens is 229 g/mol. The van der Waals surface area contributed by atoms with E-state index in [9.17, 15) is 13.2 Å². The van der Waals surface area contributed by atoms with E-state index >= 15 is 0 Å². The van der Waals surface area contributed by atoms with Gasteiger partial charge < -0.3 is 5.32 Å². The minimum atomic E-state index is -4.28. The van der Waals surface area contributed by atoms with Crippen molar-refractivity contribution in [2.75, 3.05) is 7.05 Å². The van der Waals surface area contributed by atoms with E-state index in [0.717, 1.165) is 25.3 Å². The van der Waals surface area contributed by atoms with Crippen LogP contribution in [0.1, 0.15) is 36.3 Å². The van der Waals surface area contributed by atoms with Crippen molar-refractivity contribution in [3.05, 3.63) is 29.6 Å². The molecule has 1 aliphatic carbocycles. The highest BCUT2D eigenvalue weighted by atomic mass is 19.4. The van der Waals surface area contributed by atoms with Gasteiger partial charge in [-0.2, -0.15) is 13.2 Å². The molecule has 17 heavy (non-hydrogen) atoms. The van der Waals surface area contributed by atoms with Crippen molar-refractivity contribution in [2.24, 2.45) is 0 Å². The molecule has 1 aromatic rings. The highest BCUT2D eigenvalue weighted by Crippen LogP contribution is 2.40. The van der Waals surface area contributed by atoms with Crippen LogP contribution in [0.15, 0.2) is 18.5 Å². The summed E-state index contributed by atoms with van der Waals surface area (Å²) in [5.74, 6) is -0.0298. The van der Waals surface area contributed by atoms with Crippen molar-refractivity contribution < 1.29 is 13.2 Å². The Morgan fingerprint density at radius 1 is 1.35 bits per heavy atom. The molecule has 0 aliphatic heterocycles. The molecule has 5 heteroatoms. The first-order valence-corrected chi connectivity index (χ1v) is 5.70. The zero-order valence-corrected chi connectivity index (χ0v) is 9.59. The molecule has 1 aliphatic rings. The third kappa shape index (κ3) is 2.60. The second-order valence-corrected chi connectivity index (χ2v) is 4.46. The molecule has 2 unspecified atom stereocenters. The first-order valence-electron chi connectivity index (χ1n) is 5.70. The predicted molar refractivity (Wildman–Crippen MR) is 58.7 cm³/mol. The van der Waals surface area contributed by atoms with E-state index in [-0.39, 0.29) is 5.92 Å². The van der Waals surface area contributed by atoms with E-state index in [1.54, 1.807) is 0 Å². The number of halogens is 3. The summed E-state index contributed by atoms with van der Waals surface area (Å²) in [6.45, 7) is 0. The van der Waals surface area contributed by atoms with Gasteiger partial charge in [0.1, 0.15) is 0 Å². The zero-order chi connectivity index (χ0) is 12.5. The number of hydrogen-bond acceptors (Lipinski definition) is 2. The molecule has 1 N–H and O–H groups in total. The fourth-order valence-corrected chi connectivity index (χ4v) is 2.52. The Hall–Kier alpha value is -1.10. The van der Waals surface area contributed by atoms with Crippen LogP contribution in [0.25, 0.3) is 0 Å². The highest BCUT2D eigenvalue weighted by Gasteiger charge is 2.37. The summed E-state index contributed by atoms with van der Waals surface area (Å²) in [6.07, 6.45) is 0.761. The Kier molecular flexibility index (Phi) is 3.38. The fraction of sp³-hybridized carbons (Fsp3) is 0.583. The van der Waals surface area contributed by atoms with Gasteiger partial charge in [-0.05, 0) is 43.9 Å². The molecule has 1 saturated carbocycles. The topological polar surface area (TPSA) is 24.9 Å². The van der Waals surface area contributed by atoms with Crippen LogP contribution in [0.5, 0.6) is 0 Å². The van der Waals surface area contributed by atoms with E-state index in [0.29, 0.717) is 11.6 Å². The molecule has 2 atom stereocenters. The Bertz CT molecular complexity index is 390. The van der Waals surface area contributed by atoms with Gasteiger partial charge in [0.25, 0.3) is 0 Å². The normalized spacial score (nSPS) is 25.2. The summed E-state index contributed by atoms with van der Waals surface area (Å²) in [6, 6.07) is 1.39. The Labute approximate surface area is 98.2 Å². The van der Waals surface area contributed by atoms with E-state index in [4.69, 9.17) is 0 Å². The Morgan fingerprint density at radius 3 is 2.71 bits per heavy atom. The average Bonchev–Trinajstić information content (AvgIpc) is 2.76. The number of nitrogens with one attached hydrogen (secondary N) is 1. The van der Waals surface area contributed by atoms with Gasteiger partial charge in [-0.25, -0.2) is 0 Å². The van der Waals surface area contributed by atoms with Crippen molar-refractivity contribution in [2.45, 2.75) is 37.4 Å². The summed E-state index contributed by atoms with van der Waals surface area (Å²) in [5, 5.41) is 3.12. The predicted octanol–water partition coefficient (Wildman–Crippen LogP) is 2.96. The van der Waals surface area contributed by atoms with Crippen LogP contribution >= 0.6 is 0 Å². The number of rotatable bonds is 2. The van der Waals surface area contributed by atoms with Crippen molar-refractivity contribution in [1.29, 1.82) is 0 Å². The van der Waals surface area contributed by atoms with Crippen LogP contribution < -0.4 is 5.32 Å². The zero-order valence-electron chi connectivity index (χ0n) is 9.59. The lowest BCUT2D eigenvalue weighted by Gasteiger charge is -2.17. The summed E-state index contributed by atoms with van der Waals surface area (Å²) in [7, 11) is 1.85. The van der Waals surface area contributed by atoms with Crippen LogP contribution in [0.2, 0.25) is 0 Å². The molecule has 1 aromatic heterocycles. The molecule has 0 spiro atoms. The minimum absolute atomic E-state index is 0.0298. The molecule has 2 rings (SSSR count). The lowest BCUT2D eigenvalue weighted by Crippen LogP contribution is -2.21. The van der Waals surface area contributed by atoms with Gasteiger partial charge in [0.2, 0.25) is 0 Å². The van der Waals surface area contributed by atoms with Gasteiger partial charge in [0, 0.05) is 18.4 Å². The van der Waals surface area contributed by atoms with Crippen LogP contribution in [0.4, 0.5) is 13.2 Å². The number of aromatic nitrogens is 1. The molecule has 1 fully saturated rings. The maximum atomic E-state index is 12.8. The molecule has 0 aromatic carbocycles. The van der Waals surface area contributed by atoms with Gasteiger partial charge in [-0.15, -0.1) is 0 Å². The first-order chi connectivity index (χ1) is 8.02. The molecule has 0 amide bonds. The second kappa shape index (κ2) is 4.64. The van der Waals surface area contributed by atoms with Gasteiger partial charge in [-0.3, -0.25) is 4.98 Å². The van der Waals surface area contributed by atoms with Crippen LogP contribution in [-0.4, -0.2) is 18.1 Å². The lowest BCUT2D eigenvalue weighted by atomic mass is 9.94. The summed E-state index contributed by atoms with van der Waals surface area (Å²) < 4.78 is 38.5. The fourth-order valence-electron chi connectivity index (χ4n) is 2.52. The van der Waals surface area contributed by atoms with E-state index in [2.05, 4.69) is 10.3 Å². The SMILES string of the molecule is CNC1CCC(c2cnccc2C(F)(F)F)C1. The summed E-state index contributed by atoms with van der Waals surface area (Å²) >= 11 is 0. The second-order valence-electron chi connectivity index (χ2n) is 4.46. The van der Waals surface area contributed by atoms with E-state index in [1.807, 2.05) is 7.05 Å². The largest absolute Gasteiger partial charge is 0.416 e. The number of alkyl halides is 3. The van der Waals surface area contributed by atoms with Crippen molar-refractivity contribution in [1.82, 2.24) is 10.3 Å². The van der Waals surface area contributed by atoms with Gasteiger partial charge in [0.15, 0.2) is 0 Å². The van der Waals surface area contributed by atoms with Crippen LogP contribution in [0, 0.1) is 0 Å². The molecule has 0 radical (unpaired) electrons. The monoisotopic (exact) mass is 244 g/mol. The molecular formula is C12H15F3N2. The number of hydrogen-bond donors (Lipinski definition) is 1. The number of pyridine rings is 1. The van der Waals surface area contributed by atoms with Crippen LogP contribution in [-0.2, 0) is 6.18 Å². The maximum Gasteiger partial charge on any atom is 0.416 e. The smallest absolute Gasteiger partial charge is 0.317 e. The first kappa shape index (κ1) is 12.4. The Morgan fingerprint density at radius 2 is 2.12 bits per heavy atom. The molecule has 1 heterocycles.